The van der Waals surface area contributed by atoms with Crippen LogP contribution in [0.4, 0.5) is 4.39 Å². The summed E-state index contributed by atoms with van der Waals surface area (Å²) in [6, 6.07) is 15.6. The SMILES string of the molecule is CCOc1ccccc1C=C1Oc2cc(OS(=O)(=O)c3ccc(F)cc3)ccc2C1=O. The lowest BCUT2D eigenvalue weighted by Gasteiger charge is -2.08. The highest BCUT2D eigenvalue weighted by atomic mass is 32.2. The van der Waals surface area contributed by atoms with Gasteiger partial charge in [0.25, 0.3) is 0 Å². The average molecular weight is 440 g/mol. The lowest BCUT2D eigenvalue weighted by atomic mass is 10.1. The highest BCUT2D eigenvalue weighted by molar-refractivity contribution is 7.87. The van der Waals surface area contributed by atoms with Crippen molar-refractivity contribution in [3.05, 3.63) is 89.4 Å². The van der Waals surface area contributed by atoms with Gasteiger partial charge in [0.15, 0.2) is 5.76 Å². The fraction of sp³-hybridized carbons (Fsp3) is 0.0870. The smallest absolute Gasteiger partial charge is 0.339 e. The van der Waals surface area contributed by atoms with E-state index in [4.69, 9.17) is 13.7 Å². The van der Waals surface area contributed by atoms with Crippen molar-refractivity contribution in [3.63, 3.8) is 0 Å². The van der Waals surface area contributed by atoms with Crippen LogP contribution in [0.3, 0.4) is 0 Å². The number of rotatable bonds is 6. The largest absolute Gasteiger partial charge is 0.493 e. The van der Waals surface area contributed by atoms with Gasteiger partial charge in [0.05, 0.1) is 12.2 Å². The minimum atomic E-state index is -4.17. The number of para-hydroxylation sites is 1. The Hall–Kier alpha value is -3.65. The first-order valence-electron chi connectivity index (χ1n) is 9.37. The molecule has 0 bridgehead atoms. The van der Waals surface area contributed by atoms with Gasteiger partial charge in [-0.15, -0.1) is 0 Å². The number of fused-ring (bicyclic) bond motifs is 1. The van der Waals surface area contributed by atoms with Crippen LogP contribution in [0.5, 0.6) is 17.2 Å². The van der Waals surface area contributed by atoms with Gasteiger partial charge in [-0.1, -0.05) is 18.2 Å². The predicted molar refractivity (Wildman–Crippen MR) is 111 cm³/mol. The number of carbonyl (C=O) groups is 1. The highest BCUT2D eigenvalue weighted by Gasteiger charge is 2.29. The van der Waals surface area contributed by atoms with E-state index in [2.05, 4.69) is 0 Å². The van der Waals surface area contributed by atoms with Crippen LogP contribution in [-0.2, 0) is 10.1 Å². The van der Waals surface area contributed by atoms with Crippen molar-refractivity contribution in [2.75, 3.05) is 6.61 Å². The number of ketones is 1. The molecule has 1 aliphatic heterocycles. The number of benzene rings is 3. The monoisotopic (exact) mass is 440 g/mol. The van der Waals surface area contributed by atoms with Gasteiger partial charge in [0.1, 0.15) is 28.0 Å². The molecule has 0 saturated carbocycles. The van der Waals surface area contributed by atoms with Gasteiger partial charge >= 0.3 is 10.1 Å². The second-order valence-electron chi connectivity index (χ2n) is 6.56. The summed E-state index contributed by atoms with van der Waals surface area (Å²) >= 11 is 0. The second kappa shape index (κ2) is 8.23. The van der Waals surface area contributed by atoms with Crippen molar-refractivity contribution in [3.8, 4) is 17.2 Å². The molecule has 0 unspecified atom stereocenters. The zero-order valence-electron chi connectivity index (χ0n) is 16.4. The number of carbonyl (C=O) groups excluding carboxylic acids is 1. The summed E-state index contributed by atoms with van der Waals surface area (Å²) in [4.78, 5) is 12.5. The van der Waals surface area contributed by atoms with Crippen LogP contribution in [0.1, 0.15) is 22.8 Å². The molecule has 0 radical (unpaired) electrons. The standard InChI is InChI=1S/C23H17FO6S/c1-2-28-20-6-4-3-5-15(20)13-22-23(25)19-12-9-17(14-21(19)29-22)30-31(26,27)18-10-7-16(24)8-11-18/h3-14H,2H2,1H3. The first kappa shape index (κ1) is 20.6. The van der Waals surface area contributed by atoms with Crippen LogP contribution in [0, 0.1) is 5.82 Å². The van der Waals surface area contributed by atoms with E-state index in [1.54, 1.807) is 18.2 Å². The molecule has 0 saturated heterocycles. The summed E-state index contributed by atoms with van der Waals surface area (Å²) < 4.78 is 54.2. The van der Waals surface area contributed by atoms with E-state index >= 15 is 0 Å². The van der Waals surface area contributed by atoms with Crippen LogP contribution in [-0.4, -0.2) is 20.8 Å². The Morgan fingerprint density at radius 2 is 1.77 bits per heavy atom. The van der Waals surface area contributed by atoms with E-state index in [1.165, 1.54) is 18.2 Å². The molecule has 1 aliphatic rings. The van der Waals surface area contributed by atoms with E-state index in [0.29, 0.717) is 17.9 Å². The van der Waals surface area contributed by atoms with Crippen LogP contribution in [0.2, 0.25) is 0 Å². The molecule has 0 atom stereocenters. The summed E-state index contributed by atoms with van der Waals surface area (Å²) in [6.07, 6.45) is 1.57. The zero-order valence-corrected chi connectivity index (χ0v) is 17.2. The summed E-state index contributed by atoms with van der Waals surface area (Å²) in [6.45, 7) is 2.33. The third kappa shape index (κ3) is 4.29. The first-order valence-corrected chi connectivity index (χ1v) is 10.8. The molecule has 3 aromatic rings. The van der Waals surface area contributed by atoms with Gasteiger partial charge in [-0.3, -0.25) is 4.79 Å². The normalized spacial score (nSPS) is 14.3. The van der Waals surface area contributed by atoms with Crippen LogP contribution >= 0.6 is 0 Å². The quantitative estimate of drug-likeness (QED) is 0.412. The molecule has 4 rings (SSSR count). The number of ether oxygens (including phenoxy) is 2. The van der Waals surface area contributed by atoms with Crippen molar-refractivity contribution in [2.45, 2.75) is 11.8 Å². The fourth-order valence-corrected chi connectivity index (χ4v) is 3.95. The molecule has 0 N–H and O–H groups in total. The van der Waals surface area contributed by atoms with Gasteiger partial charge in [0, 0.05) is 11.6 Å². The molecule has 0 fully saturated rings. The molecule has 0 spiro atoms. The molecule has 8 heteroatoms. The first-order chi connectivity index (χ1) is 14.9. The van der Waals surface area contributed by atoms with Crippen molar-refractivity contribution in [1.29, 1.82) is 0 Å². The molecule has 3 aromatic carbocycles. The van der Waals surface area contributed by atoms with Gasteiger partial charge < -0.3 is 13.7 Å². The number of hydrogen-bond donors (Lipinski definition) is 0. The van der Waals surface area contributed by atoms with Gasteiger partial charge in [-0.2, -0.15) is 8.42 Å². The van der Waals surface area contributed by atoms with E-state index in [0.717, 1.165) is 24.3 Å². The molecular formula is C23H17FO6S. The Morgan fingerprint density at radius 1 is 1.03 bits per heavy atom. The molecule has 0 amide bonds. The Bertz CT molecular complexity index is 1280. The Balaban J connectivity index is 1.60. The Labute approximate surface area is 178 Å². The Kier molecular flexibility index (Phi) is 5.48. The zero-order chi connectivity index (χ0) is 22.0. The maximum Gasteiger partial charge on any atom is 0.339 e. The molecule has 0 aliphatic carbocycles. The molecule has 31 heavy (non-hydrogen) atoms. The number of allylic oxidation sites excluding steroid dienone is 1. The topological polar surface area (TPSA) is 78.9 Å². The fourth-order valence-electron chi connectivity index (χ4n) is 3.02. The summed E-state index contributed by atoms with van der Waals surface area (Å²) in [5.41, 5.74) is 0.961. The second-order valence-corrected chi connectivity index (χ2v) is 8.11. The van der Waals surface area contributed by atoms with Crippen molar-refractivity contribution >= 4 is 22.0 Å². The minimum absolute atomic E-state index is 0.0353. The molecule has 6 nitrogen and oxygen atoms in total. The van der Waals surface area contributed by atoms with Crippen LogP contribution in [0.25, 0.3) is 6.08 Å². The molecule has 1 heterocycles. The lowest BCUT2D eigenvalue weighted by Crippen LogP contribution is -2.09. The van der Waals surface area contributed by atoms with Gasteiger partial charge in [0.2, 0.25) is 5.78 Å². The summed E-state index contributed by atoms with van der Waals surface area (Å²) in [5.74, 6) is -0.0633. The number of hydrogen-bond acceptors (Lipinski definition) is 6. The van der Waals surface area contributed by atoms with Crippen molar-refractivity contribution in [2.24, 2.45) is 0 Å². The summed E-state index contributed by atoms with van der Waals surface area (Å²) in [5, 5.41) is 0. The van der Waals surface area contributed by atoms with Crippen molar-refractivity contribution < 1.29 is 31.3 Å². The van der Waals surface area contributed by atoms with Crippen LogP contribution in [0.15, 0.2) is 77.4 Å². The maximum absolute atomic E-state index is 13.1. The molecule has 158 valence electrons. The maximum atomic E-state index is 13.1. The average Bonchev–Trinajstić information content (AvgIpc) is 3.04. The van der Waals surface area contributed by atoms with Gasteiger partial charge in [-0.25, -0.2) is 4.39 Å². The highest BCUT2D eigenvalue weighted by Crippen LogP contribution is 2.36. The van der Waals surface area contributed by atoms with E-state index in [1.807, 2.05) is 19.1 Å². The molecular weight excluding hydrogens is 423 g/mol. The third-order valence-corrected chi connectivity index (χ3v) is 5.72. The van der Waals surface area contributed by atoms with Crippen LogP contribution < -0.4 is 13.7 Å². The Morgan fingerprint density at radius 3 is 2.52 bits per heavy atom. The third-order valence-electron chi connectivity index (χ3n) is 4.46. The summed E-state index contributed by atoms with van der Waals surface area (Å²) in [7, 11) is -4.17. The van der Waals surface area contributed by atoms with Crippen molar-refractivity contribution in [1.82, 2.24) is 0 Å². The minimum Gasteiger partial charge on any atom is -0.493 e. The molecule has 0 aromatic heterocycles. The van der Waals surface area contributed by atoms with E-state index in [9.17, 15) is 17.6 Å². The lowest BCUT2D eigenvalue weighted by molar-refractivity contribution is 0.101. The van der Waals surface area contributed by atoms with E-state index in [-0.39, 0.29) is 33.5 Å². The number of halogens is 1. The van der Waals surface area contributed by atoms with Gasteiger partial charge in [-0.05, 0) is 55.5 Å². The predicted octanol–water partition coefficient (Wildman–Crippen LogP) is 4.61. The van der Waals surface area contributed by atoms with E-state index < -0.39 is 15.9 Å². The number of Topliss-reactive ketones (excluding diaryl/α,β-unsaturated/α-hetero) is 1.